The summed E-state index contributed by atoms with van der Waals surface area (Å²) in [6.45, 7) is 1.98. The van der Waals surface area contributed by atoms with E-state index in [1.54, 1.807) is 18.5 Å². The summed E-state index contributed by atoms with van der Waals surface area (Å²) in [7, 11) is 0. The molecule has 2 aromatic rings. The van der Waals surface area contributed by atoms with Crippen LogP contribution in [-0.2, 0) is 6.42 Å². The van der Waals surface area contributed by atoms with E-state index in [2.05, 4.69) is 26.2 Å². The molecule has 96 valence electrons. The van der Waals surface area contributed by atoms with Gasteiger partial charge in [-0.1, -0.05) is 0 Å². The number of rotatable bonds is 5. The maximum atomic E-state index is 11.8. The number of hydrogen-bond donors (Lipinski definition) is 2. The predicted molar refractivity (Wildman–Crippen MR) is 72.4 cm³/mol. The highest BCUT2D eigenvalue weighted by Crippen LogP contribution is 2.11. The van der Waals surface area contributed by atoms with Crippen LogP contribution in [0.1, 0.15) is 29.6 Å². The Morgan fingerprint density at radius 1 is 1.61 bits per heavy atom. The topological polar surface area (TPSA) is 58.0 Å². The van der Waals surface area contributed by atoms with Crippen molar-refractivity contribution in [2.45, 2.75) is 25.8 Å². The number of halogens is 1. The van der Waals surface area contributed by atoms with E-state index in [1.807, 2.05) is 19.1 Å². The van der Waals surface area contributed by atoms with Crippen molar-refractivity contribution in [2.24, 2.45) is 0 Å². The van der Waals surface area contributed by atoms with Gasteiger partial charge in [0.05, 0.1) is 6.26 Å². The molecule has 2 aromatic heterocycles. The third kappa shape index (κ3) is 3.50. The SMILES string of the molecule is CC(CCc1ccco1)NC(=O)c1cc(Br)c[nH]1. The molecule has 0 saturated carbocycles. The second-order valence-corrected chi connectivity index (χ2v) is 5.14. The number of carbonyl (C=O) groups is 1. The van der Waals surface area contributed by atoms with Crippen LogP contribution < -0.4 is 5.32 Å². The summed E-state index contributed by atoms with van der Waals surface area (Å²) in [4.78, 5) is 14.7. The lowest BCUT2D eigenvalue weighted by molar-refractivity contribution is 0.0933. The normalized spacial score (nSPS) is 12.3. The maximum absolute atomic E-state index is 11.8. The van der Waals surface area contributed by atoms with Crippen LogP contribution in [0.4, 0.5) is 0 Å². The van der Waals surface area contributed by atoms with Crippen molar-refractivity contribution in [2.75, 3.05) is 0 Å². The lowest BCUT2D eigenvalue weighted by Gasteiger charge is -2.12. The fourth-order valence-corrected chi connectivity index (χ4v) is 2.03. The number of carbonyl (C=O) groups excluding carboxylic acids is 1. The molecule has 1 atom stereocenters. The molecule has 0 aliphatic heterocycles. The highest BCUT2D eigenvalue weighted by Gasteiger charge is 2.11. The second kappa shape index (κ2) is 5.91. The summed E-state index contributed by atoms with van der Waals surface area (Å²) in [5.74, 6) is 0.853. The predicted octanol–water partition coefficient (Wildman–Crippen LogP) is 3.12. The van der Waals surface area contributed by atoms with Gasteiger partial charge >= 0.3 is 0 Å². The van der Waals surface area contributed by atoms with Crippen molar-refractivity contribution in [3.63, 3.8) is 0 Å². The van der Waals surface area contributed by atoms with Gasteiger partial charge in [0, 0.05) is 23.1 Å². The third-order valence-corrected chi connectivity index (χ3v) is 3.13. The van der Waals surface area contributed by atoms with Crippen molar-refractivity contribution in [1.29, 1.82) is 0 Å². The van der Waals surface area contributed by atoms with Gasteiger partial charge in [-0.05, 0) is 47.5 Å². The van der Waals surface area contributed by atoms with Crippen LogP contribution in [0.5, 0.6) is 0 Å². The average Bonchev–Trinajstić information content (AvgIpc) is 2.97. The number of hydrogen-bond acceptors (Lipinski definition) is 2. The lowest BCUT2D eigenvalue weighted by atomic mass is 10.1. The van der Waals surface area contributed by atoms with Crippen LogP contribution in [0.3, 0.4) is 0 Å². The molecule has 0 saturated heterocycles. The van der Waals surface area contributed by atoms with E-state index in [1.165, 1.54) is 0 Å². The maximum Gasteiger partial charge on any atom is 0.267 e. The van der Waals surface area contributed by atoms with Crippen molar-refractivity contribution in [1.82, 2.24) is 10.3 Å². The fourth-order valence-electron chi connectivity index (χ4n) is 1.69. The lowest BCUT2D eigenvalue weighted by Crippen LogP contribution is -2.33. The Kier molecular flexibility index (Phi) is 4.25. The van der Waals surface area contributed by atoms with Crippen molar-refractivity contribution in [3.8, 4) is 0 Å². The quantitative estimate of drug-likeness (QED) is 0.891. The Balaban J connectivity index is 1.80. The number of furan rings is 1. The fraction of sp³-hybridized carbons (Fsp3) is 0.308. The van der Waals surface area contributed by atoms with E-state index in [0.29, 0.717) is 5.69 Å². The summed E-state index contributed by atoms with van der Waals surface area (Å²) in [5.41, 5.74) is 0.562. The zero-order valence-corrected chi connectivity index (χ0v) is 11.7. The van der Waals surface area contributed by atoms with Gasteiger partial charge in [-0.25, -0.2) is 0 Å². The average molecular weight is 311 g/mol. The second-order valence-electron chi connectivity index (χ2n) is 4.22. The third-order valence-electron chi connectivity index (χ3n) is 2.67. The molecule has 0 aromatic carbocycles. The molecule has 2 heterocycles. The van der Waals surface area contributed by atoms with E-state index >= 15 is 0 Å². The molecule has 0 fully saturated rings. The zero-order valence-electron chi connectivity index (χ0n) is 10.1. The van der Waals surface area contributed by atoms with Gasteiger partial charge in [0.1, 0.15) is 11.5 Å². The van der Waals surface area contributed by atoms with Crippen molar-refractivity contribution < 1.29 is 9.21 Å². The first-order valence-electron chi connectivity index (χ1n) is 5.82. The Morgan fingerprint density at radius 2 is 2.44 bits per heavy atom. The molecule has 0 aliphatic carbocycles. The summed E-state index contributed by atoms with van der Waals surface area (Å²) in [5, 5.41) is 2.94. The monoisotopic (exact) mass is 310 g/mol. The van der Waals surface area contributed by atoms with Crippen LogP contribution in [0.15, 0.2) is 39.5 Å². The molecular formula is C13H15BrN2O2. The van der Waals surface area contributed by atoms with Gasteiger partial charge < -0.3 is 14.7 Å². The Hall–Kier alpha value is -1.49. The van der Waals surface area contributed by atoms with Crippen LogP contribution in [0.2, 0.25) is 0 Å². The minimum atomic E-state index is -0.0901. The first-order chi connectivity index (χ1) is 8.65. The molecule has 5 heteroatoms. The summed E-state index contributed by atoms with van der Waals surface area (Å²) >= 11 is 3.30. The van der Waals surface area contributed by atoms with Crippen LogP contribution in [0, 0.1) is 0 Å². The largest absolute Gasteiger partial charge is 0.469 e. The highest BCUT2D eigenvalue weighted by atomic mass is 79.9. The molecule has 18 heavy (non-hydrogen) atoms. The summed E-state index contributed by atoms with van der Waals surface area (Å²) in [6, 6.07) is 5.67. The molecule has 0 radical (unpaired) electrons. The van der Waals surface area contributed by atoms with Crippen LogP contribution >= 0.6 is 15.9 Å². The van der Waals surface area contributed by atoms with Crippen LogP contribution in [-0.4, -0.2) is 16.9 Å². The molecule has 4 nitrogen and oxygen atoms in total. The minimum Gasteiger partial charge on any atom is -0.469 e. The molecule has 0 spiro atoms. The minimum absolute atomic E-state index is 0.0901. The van der Waals surface area contributed by atoms with Gasteiger partial charge in [0.25, 0.3) is 5.91 Å². The Labute approximate surface area is 114 Å². The van der Waals surface area contributed by atoms with E-state index < -0.39 is 0 Å². The molecule has 2 rings (SSSR count). The summed E-state index contributed by atoms with van der Waals surface area (Å²) in [6.07, 6.45) is 5.07. The molecule has 0 bridgehead atoms. The number of nitrogens with one attached hydrogen (secondary N) is 2. The van der Waals surface area contributed by atoms with Gasteiger partial charge in [0.2, 0.25) is 0 Å². The number of amides is 1. The first-order valence-corrected chi connectivity index (χ1v) is 6.61. The van der Waals surface area contributed by atoms with Gasteiger partial charge in [0.15, 0.2) is 0 Å². The van der Waals surface area contributed by atoms with E-state index in [-0.39, 0.29) is 11.9 Å². The summed E-state index contributed by atoms with van der Waals surface area (Å²) < 4.78 is 6.12. The number of H-pyrrole nitrogens is 1. The van der Waals surface area contributed by atoms with Gasteiger partial charge in [-0.15, -0.1) is 0 Å². The van der Waals surface area contributed by atoms with Crippen LogP contribution in [0.25, 0.3) is 0 Å². The molecule has 1 amide bonds. The number of aryl methyl sites for hydroxylation is 1. The Bertz CT molecular complexity index is 505. The van der Waals surface area contributed by atoms with Gasteiger partial charge in [-0.3, -0.25) is 4.79 Å². The molecule has 0 aliphatic rings. The smallest absolute Gasteiger partial charge is 0.267 e. The number of aromatic amines is 1. The standard InChI is InChI=1S/C13H15BrN2O2/c1-9(4-5-11-3-2-6-18-11)16-13(17)12-7-10(14)8-15-12/h2-3,6-9,15H,4-5H2,1H3,(H,16,17). The molecular weight excluding hydrogens is 296 g/mol. The van der Waals surface area contributed by atoms with Gasteiger partial charge in [-0.2, -0.15) is 0 Å². The van der Waals surface area contributed by atoms with E-state index in [9.17, 15) is 4.79 Å². The first kappa shape index (κ1) is 13.0. The molecule has 1 unspecified atom stereocenters. The van der Waals surface area contributed by atoms with E-state index in [0.717, 1.165) is 23.1 Å². The van der Waals surface area contributed by atoms with E-state index in [4.69, 9.17) is 4.42 Å². The van der Waals surface area contributed by atoms with Crippen molar-refractivity contribution >= 4 is 21.8 Å². The molecule has 2 N–H and O–H groups in total. The zero-order chi connectivity index (χ0) is 13.0. The Morgan fingerprint density at radius 3 is 3.06 bits per heavy atom. The van der Waals surface area contributed by atoms with Crippen molar-refractivity contribution in [3.05, 3.63) is 46.6 Å². The number of aromatic nitrogens is 1. The highest BCUT2D eigenvalue weighted by molar-refractivity contribution is 9.10.